The van der Waals surface area contributed by atoms with E-state index in [1.807, 2.05) is 6.92 Å². The molecule has 1 aromatic rings. The topological polar surface area (TPSA) is 93.3 Å². The molecule has 0 aliphatic carbocycles. The van der Waals surface area contributed by atoms with E-state index >= 15 is 0 Å². The molecule has 1 N–H and O–H groups in total. The lowest BCUT2D eigenvalue weighted by Crippen LogP contribution is -2.36. The number of nitro groups is 1. The molecule has 0 aliphatic rings. The summed E-state index contributed by atoms with van der Waals surface area (Å²) in [6, 6.07) is 0. The molecule has 1 heterocycles. The second-order valence-electron chi connectivity index (χ2n) is 3.97. The molecule has 0 unspecified atom stereocenters. The third-order valence-corrected chi connectivity index (χ3v) is 2.37. The Labute approximate surface area is 105 Å². The standard InChI is InChI=1S/C10H17N5O3/c1-4-5-11-8(16)6-13(2)10-9(15(17)18)12-7-14(10)3/h7H,4-6H2,1-3H3,(H,11,16). The average molecular weight is 255 g/mol. The molecule has 0 saturated heterocycles. The lowest BCUT2D eigenvalue weighted by molar-refractivity contribution is -0.388. The summed E-state index contributed by atoms with van der Waals surface area (Å²) in [6.07, 6.45) is 2.20. The first-order valence-electron chi connectivity index (χ1n) is 5.60. The minimum absolute atomic E-state index is 0.0559. The normalized spacial score (nSPS) is 10.2. The summed E-state index contributed by atoms with van der Waals surface area (Å²) in [5.74, 6) is -0.107. The number of carbonyl (C=O) groups is 1. The zero-order valence-electron chi connectivity index (χ0n) is 10.7. The molecule has 1 aromatic heterocycles. The summed E-state index contributed by atoms with van der Waals surface area (Å²) in [5, 5.41) is 13.5. The number of aryl methyl sites for hydroxylation is 1. The first-order valence-corrected chi connectivity index (χ1v) is 5.60. The highest BCUT2D eigenvalue weighted by molar-refractivity contribution is 5.81. The molecule has 18 heavy (non-hydrogen) atoms. The number of nitrogens with one attached hydrogen (secondary N) is 1. The predicted molar refractivity (Wildman–Crippen MR) is 66.4 cm³/mol. The van der Waals surface area contributed by atoms with Crippen LogP contribution in [0, 0.1) is 10.1 Å². The summed E-state index contributed by atoms with van der Waals surface area (Å²) in [6.45, 7) is 2.61. The first-order chi connectivity index (χ1) is 8.47. The Morgan fingerprint density at radius 1 is 1.67 bits per heavy atom. The van der Waals surface area contributed by atoms with Crippen molar-refractivity contribution in [2.45, 2.75) is 13.3 Å². The predicted octanol–water partition coefficient (Wildman–Crippen LogP) is 0.291. The average Bonchev–Trinajstić information content (AvgIpc) is 2.68. The Morgan fingerprint density at radius 2 is 2.33 bits per heavy atom. The van der Waals surface area contributed by atoms with Crippen LogP contribution in [0.15, 0.2) is 6.33 Å². The molecule has 0 radical (unpaired) electrons. The van der Waals surface area contributed by atoms with Crippen LogP contribution in [-0.4, -0.2) is 40.5 Å². The molecule has 0 aromatic carbocycles. The van der Waals surface area contributed by atoms with Gasteiger partial charge in [-0.2, -0.15) is 0 Å². The van der Waals surface area contributed by atoms with Gasteiger partial charge in [-0.3, -0.25) is 9.36 Å². The van der Waals surface area contributed by atoms with Crippen LogP contribution in [0.2, 0.25) is 0 Å². The molecule has 0 fully saturated rings. The Morgan fingerprint density at radius 3 is 2.89 bits per heavy atom. The number of hydrogen-bond acceptors (Lipinski definition) is 5. The maximum Gasteiger partial charge on any atom is 0.406 e. The molecule has 0 bridgehead atoms. The van der Waals surface area contributed by atoms with Crippen molar-refractivity contribution in [2.24, 2.45) is 7.05 Å². The SMILES string of the molecule is CCCNC(=O)CN(C)c1c([N+](=O)[O-])ncn1C. The fraction of sp³-hybridized carbons (Fsp3) is 0.600. The van der Waals surface area contributed by atoms with E-state index in [0.717, 1.165) is 6.42 Å². The number of rotatable bonds is 6. The summed E-state index contributed by atoms with van der Waals surface area (Å²) in [5.41, 5.74) is 0. The van der Waals surface area contributed by atoms with E-state index < -0.39 is 4.92 Å². The second-order valence-corrected chi connectivity index (χ2v) is 3.97. The third-order valence-electron chi connectivity index (χ3n) is 2.37. The molecule has 0 saturated carbocycles. The minimum atomic E-state index is -0.560. The van der Waals surface area contributed by atoms with Crippen LogP contribution in [0.1, 0.15) is 13.3 Å². The van der Waals surface area contributed by atoms with Crippen LogP contribution in [0.4, 0.5) is 11.6 Å². The summed E-state index contributed by atoms with van der Waals surface area (Å²) in [4.78, 5) is 27.0. The van der Waals surface area contributed by atoms with Gasteiger partial charge in [-0.25, -0.2) is 0 Å². The van der Waals surface area contributed by atoms with Crippen molar-refractivity contribution in [3.63, 3.8) is 0 Å². The fourth-order valence-electron chi connectivity index (χ4n) is 1.59. The van der Waals surface area contributed by atoms with Crippen LogP contribution < -0.4 is 10.2 Å². The van der Waals surface area contributed by atoms with Crippen molar-refractivity contribution < 1.29 is 9.72 Å². The molecule has 1 amide bonds. The molecule has 0 atom stereocenters. The highest BCUT2D eigenvalue weighted by Gasteiger charge is 2.24. The first kappa shape index (κ1) is 13.9. The molecule has 8 heteroatoms. The summed E-state index contributed by atoms with van der Waals surface area (Å²) >= 11 is 0. The van der Waals surface area contributed by atoms with Crippen molar-refractivity contribution in [3.8, 4) is 0 Å². The molecular formula is C10H17N5O3. The summed E-state index contributed by atoms with van der Waals surface area (Å²) < 4.78 is 1.52. The highest BCUT2D eigenvalue weighted by Crippen LogP contribution is 2.24. The van der Waals surface area contributed by atoms with Crippen molar-refractivity contribution >= 4 is 17.5 Å². The van der Waals surface area contributed by atoms with Gasteiger partial charge in [0, 0.05) is 20.6 Å². The number of hydrogen-bond donors (Lipinski definition) is 1. The van der Waals surface area contributed by atoms with Gasteiger partial charge >= 0.3 is 5.82 Å². The van der Waals surface area contributed by atoms with Crippen molar-refractivity contribution in [1.82, 2.24) is 14.9 Å². The fourth-order valence-corrected chi connectivity index (χ4v) is 1.59. The van der Waals surface area contributed by atoms with Crippen LogP contribution in [0.3, 0.4) is 0 Å². The summed E-state index contributed by atoms with van der Waals surface area (Å²) in [7, 11) is 3.27. The number of imidazole rings is 1. The van der Waals surface area contributed by atoms with Gasteiger partial charge in [0.25, 0.3) is 0 Å². The van der Waals surface area contributed by atoms with Crippen LogP contribution >= 0.6 is 0 Å². The maximum absolute atomic E-state index is 11.5. The quantitative estimate of drug-likeness (QED) is 0.582. The minimum Gasteiger partial charge on any atom is -0.358 e. The van der Waals surface area contributed by atoms with E-state index in [-0.39, 0.29) is 18.3 Å². The Bertz CT molecular complexity index is 443. The van der Waals surface area contributed by atoms with Gasteiger partial charge in [-0.1, -0.05) is 6.92 Å². The van der Waals surface area contributed by atoms with Gasteiger partial charge in [0.15, 0.2) is 0 Å². The molecule has 1 rings (SSSR count). The van der Waals surface area contributed by atoms with Crippen LogP contribution in [-0.2, 0) is 11.8 Å². The number of aromatic nitrogens is 2. The number of likely N-dealkylation sites (N-methyl/N-ethyl adjacent to an activating group) is 1. The number of carbonyl (C=O) groups excluding carboxylic acids is 1. The van der Waals surface area contributed by atoms with Gasteiger partial charge in [-0.15, -0.1) is 0 Å². The maximum atomic E-state index is 11.5. The smallest absolute Gasteiger partial charge is 0.358 e. The van der Waals surface area contributed by atoms with Gasteiger partial charge < -0.3 is 20.3 Å². The lowest BCUT2D eigenvalue weighted by atomic mass is 10.4. The van der Waals surface area contributed by atoms with E-state index in [1.54, 1.807) is 14.1 Å². The molecule has 8 nitrogen and oxygen atoms in total. The zero-order chi connectivity index (χ0) is 13.7. The van der Waals surface area contributed by atoms with Crippen molar-refractivity contribution in [1.29, 1.82) is 0 Å². The van der Waals surface area contributed by atoms with E-state index in [1.165, 1.54) is 15.8 Å². The second kappa shape index (κ2) is 5.99. The van der Waals surface area contributed by atoms with Gasteiger partial charge in [0.2, 0.25) is 18.1 Å². The molecule has 100 valence electrons. The van der Waals surface area contributed by atoms with Crippen LogP contribution in [0.5, 0.6) is 0 Å². The lowest BCUT2D eigenvalue weighted by Gasteiger charge is -2.17. The van der Waals surface area contributed by atoms with Crippen molar-refractivity contribution in [2.75, 3.05) is 25.0 Å². The monoisotopic (exact) mass is 255 g/mol. The van der Waals surface area contributed by atoms with Crippen molar-refractivity contribution in [3.05, 3.63) is 16.4 Å². The number of nitrogens with zero attached hydrogens (tertiary/aromatic N) is 4. The molecule has 0 spiro atoms. The Kier molecular flexibility index (Phi) is 4.64. The highest BCUT2D eigenvalue weighted by atomic mass is 16.6. The third kappa shape index (κ3) is 3.19. The largest absolute Gasteiger partial charge is 0.406 e. The van der Waals surface area contributed by atoms with E-state index in [2.05, 4.69) is 10.3 Å². The zero-order valence-corrected chi connectivity index (χ0v) is 10.7. The van der Waals surface area contributed by atoms with Crippen LogP contribution in [0.25, 0.3) is 0 Å². The van der Waals surface area contributed by atoms with Gasteiger partial charge in [-0.05, 0) is 16.3 Å². The molecular weight excluding hydrogens is 238 g/mol. The number of amides is 1. The van der Waals surface area contributed by atoms with Gasteiger partial charge in [0.1, 0.15) is 0 Å². The van der Waals surface area contributed by atoms with E-state index in [0.29, 0.717) is 12.4 Å². The van der Waals surface area contributed by atoms with E-state index in [4.69, 9.17) is 0 Å². The number of anilines is 1. The Hall–Kier alpha value is -2.12. The Balaban J connectivity index is 2.77. The van der Waals surface area contributed by atoms with E-state index in [9.17, 15) is 14.9 Å². The van der Waals surface area contributed by atoms with Gasteiger partial charge in [0.05, 0.1) is 6.54 Å². The molecule has 0 aliphatic heterocycles.